The van der Waals surface area contributed by atoms with Crippen LogP contribution in [0.2, 0.25) is 0 Å². The average Bonchev–Trinajstić information content (AvgIpc) is 2.68. The number of aryl methyl sites for hydroxylation is 1. The van der Waals surface area contributed by atoms with E-state index in [0.29, 0.717) is 31.6 Å². The predicted octanol–water partition coefficient (Wildman–Crippen LogP) is 1.38. The number of amides is 1. The molecule has 5 nitrogen and oxygen atoms in total. The highest BCUT2D eigenvalue weighted by atomic mass is 32.2. The van der Waals surface area contributed by atoms with Crippen LogP contribution in [0.25, 0.3) is 0 Å². The van der Waals surface area contributed by atoms with Gasteiger partial charge in [0.05, 0.1) is 4.90 Å². The molecule has 0 spiro atoms. The number of carbonyl (C=O) groups excluding carboxylic acids is 1. The van der Waals surface area contributed by atoms with Crippen molar-refractivity contribution in [2.24, 2.45) is 0 Å². The second-order valence-corrected chi connectivity index (χ2v) is 7.11. The maximum atomic E-state index is 13.6. The number of rotatable bonds is 2. The summed E-state index contributed by atoms with van der Waals surface area (Å²) in [5.74, 6) is -0.591. The molecule has 0 radical (unpaired) electrons. The topological polar surface area (TPSA) is 57.7 Å². The number of benzene rings is 1. The quantitative estimate of drug-likeness (QED) is 0.828. The summed E-state index contributed by atoms with van der Waals surface area (Å²) in [6.45, 7) is 4.54. The van der Waals surface area contributed by atoms with Gasteiger partial charge in [-0.3, -0.25) is 4.79 Å². The molecule has 0 atom stereocenters. The smallest absolute Gasteiger partial charge is 0.243 e. The monoisotopic (exact) mass is 314 g/mol. The van der Waals surface area contributed by atoms with Gasteiger partial charge in [-0.15, -0.1) is 0 Å². The Morgan fingerprint density at radius 3 is 2.52 bits per heavy atom. The van der Waals surface area contributed by atoms with Gasteiger partial charge in [0, 0.05) is 33.1 Å². The van der Waals surface area contributed by atoms with Crippen LogP contribution in [0.5, 0.6) is 0 Å². The van der Waals surface area contributed by atoms with Crippen molar-refractivity contribution in [3.8, 4) is 0 Å². The van der Waals surface area contributed by atoms with E-state index < -0.39 is 15.8 Å². The fourth-order valence-corrected chi connectivity index (χ4v) is 3.81. The van der Waals surface area contributed by atoms with Gasteiger partial charge < -0.3 is 4.90 Å². The second kappa shape index (κ2) is 6.11. The SMILES string of the molecule is CC(=O)N1CCCN(S(=O)(=O)c2ccc(C)c(F)c2)CC1. The Hall–Kier alpha value is -1.47. The van der Waals surface area contributed by atoms with E-state index in [1.807, 2.05) is 0 Å². The highest BCUT2D eigenvalue weighted by molar-refractivity contribution is 7.89. The molecule has 1 heterocycles. The summed E-state index contributed by atoms with van der Waals surface area (Å²) in [5.41, 5.74) is 0.410. The molecule has 2 rings (SSSR count). The average molecular weight is 314 g/mol. The van der Waals surface area contributed by atoms with Gasteiger partial charge in [-0.1, -0.05) is 6.07 Å². The molecular weight excluding hydrogens is 295 g/mol. The second-order valence-electron chi connectivity index (χ2n) is 5.17. The maximum absolute atomic E-state index is 13.6. The van der Waals surface area contributed by atoms with E-state index in [4.69, 9.17) is 0 Å². The Morgan fingerprint density at radius 1 is 1.19 bits per heavy atom. The molecule has 0 unspecified atom stereocenters. The Kier molecular flexibility index (Phi) is 4.63. The molecule has 21 heavy (non-hydrogen) atoms. The van der Waals surface area contributed by atoms with Gasteiger partial charge in [-0.05, 0) is 31.0 Å². The van der Waals surface area contributed by atoms with Crippen molar-refractivity contribution < 1.29 is 17.6 Å². The number of carbonyl (C=O) groups is 1. The third-order valence-corrected chi connectivity index (χ3v) is 5.58. The summed E-state index contributed by atoms with van der Waals surface area (Å²) >= 11 is 0. The van der Waals surface area contributed by atoms with Crippen molar-refractivity contribution in [1.82, 2.24) is 9.21 Å². The van der Waals surface area contributed by atoms with Gasteiger partial charge in [-0.25, -0.2) is 12.8 Å². The van der Waals surface area contributed by atoms with E-state index in [2.05, 4.69) is 0 Å². The Labute approximate surface area is 124 Å². The molecule has 0 N–H and O–H groups in total. The van der Waals surface area contributed by atoms with Crippen molar-refractivity contribution in [3.63, 3.8) is 0 Å². The lowest BCUT2D eigenvalue weighted by atomic mass is 10.2. The third kappa shape index (κ3) is 3.41. The molecule has 7 heteroatoms. The minimum atomic E-state index is -3.72. The number of hydrogen-bond donors (Lipinski definition) is 0. The van der Waals surface area contributed by atoms with E-state index in [9.17, 15) is 17.6 Å². The van der Waals surface area contributed by atoms with Gasteiger partial charge in [-0.2, -0.15) is 4.31 Å². The highest BCUT2D eigenvalue weighted by Gasteiger charge is 2.27. The van der Waals surface area contributed by atoms with E-state index in [-0.39, 0.29) is 17.3 Å². The molecule has 1 saturated heterocycles. The Balaban J connectivity index is 2.23. The van der Waals surface area contributed by atoms with Crippen molar-refractivity contribution in [2.75, 3.05) is 26.2 Å². The third-order valence-electron chi connectivity index (χ3n) is 3.68. The molecule has 1 aromatic rings. The molecule has 1 aromatic carbocycles. The lowest BCUT2D eigenvalue weighted by molar-refractivity contribution is -0.128. The fraction of sp³-hybridized carbons (Fsp3) is 0.500. The van der Waals surface area contributed by atoms with Crippen molar-refractivity contribution in [3.05, 3.63) is 29.6 Å². The molecule has 0 bridgehead atoms. The minimum Gasteiger partial charge on any atom is -0.342 e. The molecule has 1 aliphatic rings. The Morgan fingerprint density at radius 2 is 1.90 bits per heavy atom. The lowest BCUT2D eigenvalue weighted by Crippen LogP contribution is -2.36. The summed E-state index contributed by atoms with van der Waals surface area (Å²) in [6.07, 6.45) is 0.577. The summed E-state index contributed by atoms with van der Waals surface area (Å²) in [6, 6.07) is 3.93. The summed E-state index contributed by atoms with van der Waals surface area (Å²) < 4.78 is 40.0. The van der Waals surface area contributed by atoms with Crippen LogP contribution in [0.4, 0.5) is 4.39 Å². The van der Waals surface area contributed by atoms with Gasteiger partial charge >= 0.3 is 0 Å². The van der Waals surface area contributed by atoms with Gasteiger partial charge in [0.15, 0.2) is 0 Å². The van der Waals surface area contributed by atoms with Crippen LogP contribution < -0.4 is 0 Å². The molecule has 0 saturated carbocycles. The zero-order valence-electron chi connectivity index (χ0n) is 12.2. The van der Waals surface area contributed by atoms with E-state index in [0.717, 1.165) is 6.07 Å². The first-order valence-corrected chi connectivity index (χ1v) is 8.28. The van der Waals surface area contributed by atoms with Crippen LogP contribution in [-0.4, -0.2) is 49.7 Å². The first-order chi connectivity index (χ1) is 9.82. The number of halogens is 1. The molecule has 1 fully saturated rings. The van der Waals surface area contributed by atoms with Gasteiger partial charge in [0.2, 0.25) is 15.9 Å². The lowest BCUT2D eigenvalue weighted by Gasteiger charge is -2.21. The molecule has 0 aliphatic carbocycles. The van der Waals surface area contributed by atoms with Gasteiger partial charge in [0.1, 0.15) is 5.82 Å². The maximum Gasteiger partial charge on any atom is 0.243 e. The van der Waals surface area contributed by atoms with E-state index >= 15 is 0 Å². The molecule has 0 aromatic heterocycles. The first-order valence-electron chi connectivity index (χ1n) is 6.84. The van der Waals surface area contributed by atoms with E-state index in [1.165, 1.54) is 23.4 Å². The van der Waals surface area contributed by atoms with Crippen LogP contribution in [-0.2, 0) is 14.8 Å². The summed E-state index contributed by atoms with van der Waals surface area (Å²) in [5, 5.41) is 0. The number of sulfonamides is 1. The minimum absolute atomic E-state index is 0.0399. The number of nitrogens with zero attached hydrogens (tertiary/aromatic N) is 2. The fourth-order valence-electron chi connectivity index (χ4n) is 2.33. The Bertz CT molecular complexity index is 646. The standard InChI is InChI=1S/C14H19FN2O3S/c1-11-4-5-13(10-14(11)15)21(19,20)17-7-3-6-16(8-9-17)12(2)18/h4-5,10H,3,6-9H2,1-2H3. The van der Waals surface area contributed by atoms with Crippen molar-refractivity contribution in [2.45, 2.75) is 25.2 Å². The summed E-state index contributed by atoms with van der Waals surface area (Å²) in [7, 11) is -3.72. The first kappa shape index (κ1) is 15.9. The van der Waals surface area contributed by atoms with Crippen LogP contribution in [0.1, 0.15) is 18.9 Å². The zero-order chi connectivity index (χ0) is 15.6. The zero-order valence-corrected chi connectivity index (χ0v) is 13.0. The van der Waals surface area contributed by atoms with E-state index in [1.54, 1.807) is 11.8 Å². The largest absolute Gasteiger partial charge is 0.342 e. The van der Waals surface area contributed by atoms with Crippen molar-refractivity contribution in [1.29, 1.82) is 0 Å². The molecule has 1 amide bonds. The predicted molar refractivity (Wildman–Crippen MR) is 76.8 cm³/mol. The van der Waals surface area contributed by atoms with Crippen LogP contribution >= 0.6 is 0 Å². The number of hydrogen-bond acceptors (Lipinski definition) is 3. The van der Waals surface area contributed by atoms with Crippen LogP contribution in [0, 0.1) is 12.7 Å². The normalized spacial score (nSPS) is 17.6. The summed E-state index contributed by atoms with van der Waals surface area (Å²) in [4.78, 5) is 13.0. The van der Waals surface area contributed by atoms with Crippen LogP contribution in [0.15, 0.2) is 23.1 Å². The molecule has 116 valence electrons. The molecular formula is C14H19FN2O3S. The molecule has 1 aliphatic heterocycles. The highest BCUT2D eigenvalue weighted by Crippen LogP contribution is 2.20. The van der Waals surface area contributed by atoms with Crippen LogP contribution in [0.3, 0.4) is 0 Å². The van der Waals surface area contributed by atoms with Gasteiger partial charge in [0.25, 0.3) is 0 Å². The van der Waals surface area contributed by atoms with Crippen molar-refractivity contribution >= 4 is 15.9 Å².